The Balaban J connectivity index is 0.00000288. The van der Waals surface area contributed by atoms with E-state index < -0.39 is 10.0 Å². The predicted molar refractivity (Wildman–Crippen MR) is 94.4 cm³/mol. The van der Waals surface area contributed by atoms with Crippen LogP contribution in [0, 0.1) is 0 Å². The average molecular weight is 378 g/mol. The predicted octanol–water partition coefficient (Wildman–Crippen LogP) is 0.284. The second kappa shape index (κ2) is 9.95. The Labute approximate surface area is 149 Å². The number of rotatable bonds is 9. The molecular weight excluding hydrogens is 354 g/mol. The van der Waals surface area contributed by atoms with Gasteiger partial charge in [0.25, 0.3) is 0 Å². The van der Waals surface area contributed by atoms with Gasteiger partial charge in [0.05, 0.1) is 18.9 Å². The van der Waals surface area contributed by atoms with Crippen LogP contribution in [0.1, 0.15) is 23.6 Å². The highest BCUT2D eigenvalue weighted by atomic mass is 35.5. The van der Waals surface area contributed by atoms with Gasteiger partial charge in [0.1, 0.15) is 0 Å². The molecule has 24 heavy (non-hydrogen) atoms. The van der Waals surface area contributed by atoms with E-state index in [2.05, 4.69) is 21.4 Å². The SMILES string of the molecule is CCOCCS(=O)(=O)NCC(=O)NCc1ccc2c(c1)CNC2.Cl. The molecule has 1 heterocycles. The molecule has 0 spiro atoms. The normalized spacial score (nSPS) is 13.2. The third kappa shape index (κ3) is 6.74. The molecule has 1 aromatic rings. The van der Waals surface area contributed by atoms with Gasteiger partial charge in [-0.15, -0.1) is 12.4 Å². The van der Waals surface area contributed by atoms with Gasteiger partial charge in [-0.1, -0.05) is 18.2 Å². The number of carbonyl (C=O) groups excluding carboxylic acids is 1. The summed E-state index contributed by atoms with van der Waals surface area (Å²) in [5.74, 6) is -0.505. The first-order chi connectivity index (χ1) is 11.0. The summed E-state index contributed by atoms with van der Waals surface area (Å²) in [7, 11) is -3.48. The molecule has 1 aliphatic heterocycles. The zero-order valence-corrected chi connectivity index (χ0v) is 15.3. The molecule has 0 saturated carbocycles. The Hall–Kier alpha value is -1.19. The molecule has 0 radical (unpaired) electrons. The summed E-state index contributed by atoms with van der Waals surface area (Å²) in [6.45, 7) is 4.22. The van der Waals surface area contributed by atoms with Gasteiger partial charge in [0, 0.05) is 26.2 Å². The molecule has 0 saturated heterocycles. The topological polar surface area (TPSA) is 96.5 Å². The number of hydrogen-bond donors (Lipinski definition) is 3. The molecule has 9 heteroatoms. The lowest BCUT2D eigenvalue weighted by molar-refractivity contribution is -0.120. The maximum atomic E-state index is 11.7. The standard InChI is InChI=1S/C15H23N3O4S.ClH/c1-2-22-5-6-23(20,21)18-11-15(19)17-8-12-3-4-13-9-16-10-14(13)7-12;/h3-4,7,16,18H,2,5-6,8-11H2,1H3,(H,17,19);1H. The van der Waals surface area contributed by atoms with E-state index in [1.807, 2.05) is 12.1 Å². The van der Waals surface area contributed by atoms with E-state index in [1.54, 1.807) is 6.92 Å². The molecule has 1 aromatic carbocycles. The van der Waals surface area contributed by atoms with Crippen molar-refractivity contribution in [2.75, 3.05) is 25.5 Å². The quantitative estimate of drug-likeness (QED) is 0.537. The molecule has 1 aliphatic rings. The second-order valence-corrected chi connectivity index (χ2v) is 7.25. The van der Waals surface area contributed by atoms with Crippen LogP contribution in [0.5, 0.6) is 0 Å². The molecule has 0 bridgehead atoms. The van der Waals surface area contributed by atoms with Gasteiger partial charge in [0.2, 0.25) is 15.9 Å². The molecule has 2 rings (SSSR count). The van der Waals surface area contributed by atoms with Crippen molar-refractivity contribution in [2.24, 2.45) is 0 Å². The van der Waals surface area contributed by atoms with Crippen LogP contribution in [-0.4, -0.2) is 39.8 Å². The number of nitrogens with one attached hydrogen (secondary N) is 3. The van der Waals surface area contributed by atoms with E-state index in [0.717, 1.165) is 18.7 Å². The van der Waals surface area contributed by atoms with E-state index in [1.165, 1.54) is 11.1 Å². The Bertz CT molecular complexity index is 652. The van der Waals surface area contributed by atoms with Gasteiger partial charge < -0.3 is 15.4 Å². The van der Waals surface area contributed by atoms with Crippen molar-refractivity contribution in [2.45, 2.75) is 26.6 Å². The lowest BCUT2D eigenvalue weighted by Crippen LogP contribution is -2.38. The number of halogens is 1. The maximum Gasteiger partial charge on any atom is 0.235 e. The van der Waals surface area contributed by atoms with Crippen LogP contribution in [0.25, 0.3) is 0 Å². The number of sulfonamides is 1. The minimum absolute atomic E-state index is 0. The van der Waals surface area contributed by atoms with Crippen LogP contribution in [0.15, 0.2) is 18.2 Å². The number of carbonyl (C=O) groups is 1. The first-order valence-electron chi connectivity index (χ1n) is 7.63. The molecule has 136 valence electrons. The van der Waals surface area contributed by atoms with Crippen LogP contribution >= 0.6 is 12.4 Å². The van der Waals surface area contributed by atoms with E-state index in [-0.39, 0.29) is 37.2 Å². The van der Waals surface area contributed by atoms with E-state index in [4.69, 9.17) is 4.74 Å². The van der Waals surface area contributed by atoms with Crippen molar-refractivity contribution in [3.05, 3.63) is 34.9 Å². The van der Waals surface area contributed by atoms with E-state index >= 15 is 0 Å². The number of fused-ring (bicyclic) bond motifs is 1. The minimum atomic E-state index is -3.48. The fourth-order valence-electron chi connectivity index (χ4n) is 2.28. The monoisotopic (exact) mass is 377 g/mol. The van der Waals surface area contributed by atoms with Gasteiger partial charge in [-0.05, 0) is 23.6 Å². The highest BCUT2D eigenvalue weighted by Crippen LogP contribution is 2.16. The van der Waals surface area contributed by atoms with Crippen molar-refractivity contribution in [3.63, 3.8) is 0 Å². The largest absolute Gasteiger partial charge is 0.381 e. The molecular formula is C15H24ClN3O4S. The summed E-state index contributed by atoms with van der Waals surface area (Å²) in [6.07, 6.45) is 0. The van der Waals surface area contributed by atoms with Crippen LogP contribution in [-0.2, 0) is 39.2 Å². The summed E-state index contributed by atoms with van der Waals surface area (Å²) >= 11 is 0. The molecule has 0 aliphatic carbocycles. The molecule has 0 unspecified atom stereocenters. The smallest absolute Gasteiger partial charge is 0.235 e. The van der Waals surface area contributed by atoms with Crippen molar-refractivity contribution in [1.82, 2.24) is 15.4 Å². The fraction of sp³-hybridized carbons (Fsp3) is 0.533. The van der Waals surface area contributed by atoms with Crippen molar-refractivity contribution in [3.8, 4) is 0 Å². The molecule has 7 nitrogen and oxygen atoms in total. The second-order valence-electron chi connectivity index (χ2n) is 5.32. The lowest BCUT2D eigenvalue weighted by Gasteiger charge is -2.09. The summed E-state index contributed by atoms with van der Waals surface area (Å²) in [5, 5.41) is 5.98. The summed E-state index contributed by atoms with van der Waals surface area (Å²) in [6, 6.07) is 6.08. The Morgan fingerprint density at radius 2 is 2.04 bits per heavy atom. The third-order valence-electron chi connectivity index (χ3n) is 3.54. The molecule has 0 fully saturated rings. The lowest BCUT2D eigenvalue weighted by atomic mass is 10.1. The maximum absolute atomic E-state index is 11.7. The molecule has 3 N–H and O–H groups in total. The minimum Gasteiger partial charge on any atom is -0.381 e. The van der Waals surface area contributed by atoms with Crippen molar-refractivity contribution in [1.29, 1.82) is 0 Å². The Morgan fingerprint density at radius 1 is 1.29 bits per heavy atom. The third-order valence-corrected chi connectivity index (χ3v) is 4.83. The molecule has 1 amide bonds. The number of amides is 1. The average Bonchev–Trinajstić information content (AvgIpc) is 2.99. The van der Waals surface area contributed by atoms with Gasteiger partial charge in [-0.3, -0.25) is 4.79 Å². The van der Waals surface area contributed by atoms with E-state index in [0.29, 0.717) is 13.2 Å². The highest BCUT2D eigenvalue weighted by molar-refractivity contribution is 7.89. The van der Waals surface area contributed by atoms with Crippen LogP contribution in [0.2, 0.25) is 0 Å². The van der Waals surface area contributed by atoms with Gasteiger partial charge in [0.15, 0.2) is 0 Å². The zero-order chi connectivity index (χ0) is 16.7. The van der Waals surface area contributed by atoms with Crippen LogP contribution in [0.4, 0.5) is 0 Å². The van der Waals surface area contributed by atoms with Gasteiger partial charge >= 0.3 is 0 Å². The Kier molecular flexibility index (Phi) is 8.65. The highest BCUT2D eigenvalue weighted by Gasteiger charge is 2.13. The molecule has 0 aromatic heterocycles. The molecule has 0 atom stereocenters. The number of ether oxygens (including phenoxy) is 1. The first-order valence-corrected chi connectivity index (χ1v) is 9.28. The van der Waals surface area contributed by atoms with Crippen molar-refractivity contribution < 1.29 is 17.9 Å². The van der Waals surface area contributed by atoms with Gasteiger partial charge in [-0.2, -0.15) is 0 Å². The Morgan fingerprint density at radius 3 is 2.79 bits per heavy atom. The van der Waals surface area contributed by atoms with Gasteiger partial charge in [-0.25, -0.2) is 13.1 Å². The summed E-state index contributed by atoms with van der Waals surface area (Å²) in [4.78, 5) is 11.7. The van der Waals surface area contributed by atoms with Crippen molar-refractivity contribution >= 4 is 28.3 Å². The van der Waals surface area contributed by atoms with Crippen LogP contribution < -0.4 is 15.4 Å². The number of benzene rings is 1. The van der Waals surface area contributed by atoms with Crippen LogP contribution in [0.3, 0.4) is 0 Å². The fourth-order valence-corrected chi connectivity index (χ4v) is 3.11. The van der Waals surface area contributed by atoms with E-state index in [9.17, 15) is 13.2 Å². The number of hydrogen-bond acceptors (Lipinski definition) is 5. The summed E-state index contributed by atoms with van der Waals surface area (Å²) < 4.78 is 30.5. The first kappa shape index (κ1) is 20.9. The zero-order valence-electron chi connectivity index (χ0n) is 13.6. The summed E-state index contributed by atoms with van der Waals surface area (Å²) in [5.41, 5.74) is 3.52.